The Bertz CT molecular complexity index is 149. The molecule has 3 rings (SSSR count). The Morgan fingerprint density at radius 3 is 2.30 bits per heavy atom. The van der Waals surface area contributed by atoms with Crippen LogP contribution in [-0.4, -0.2) is 11.2 Å². The molecule has 0 unspecified atom stereocenters. The van der Waals surface area contributed by atoms with Gasteiger partial charge in [0.25, 0.3) is 0 Å². The van der Waals surface area contributed by atoms with Crippen LogP contribution in [-0.2, 0) is 0 Å². The van der Waals surface area contributed by atoms with Crippen molar-refractivity contribution in [1.29, 1.82) is 0 Å². The summed E-state index contributed by atoms with van der Waals surface area (Å²) < 4.78 is 0. The third kappa shape index (κ3) is 0.619. The fraction of sp³-hybridized carbons (Fsp3) is 1.00. The minimum atomic E-state index is 0.0139. The molecule has 3 atom stereocenters. The summed E-state index contributed by atoms with van der Waals surface area (Å²) in [5, 5.41) is 9.55. The zero-order valence-electron chi connectivity index (χ0n) is 6.80. The van der Waals surface area contributed by atoms with E-state index in [4.69, 9.17) is 0 Å². The summed E-state index contributed by atoms with van der Waals surface area (Å²) in [6.07, 6.45) is 3.61. The fourth-order valence-electron chi connectivity index (χ4n) is 2.77. The molecule has 0 aromatic carbocycles. The first-order chi connectivity index (χ1) is 4.62. The Morgan fingerprint density at radius 1 is 1.30 bits per heavy atom. The van der Waals surface area contributed by atoms with Gasteiger partial charge in [-0.3, -0.25) is 0 Å². The molecule has 10 heavy (non-hydrogen) atoms. The van der Waals surface area contributed by atoms with E-state index in [1.807, 2.05) is 0 Å². The second kappa shape index (κ2) is 1.76. The molecular weight excluding hydrogens is 124 g/mol. The van der Waals surface area contributed by atoms with Gasteiger partial charge in [0.2, 0.25) is 0 Å². The van der Waals surface area contributed by atoms with Crippen LogP contribution in [0.1, 0.15) is 33.1 Å². The Hall–Kier alpha value is -0.0400. The highest BCUT2D eigenvalue weighted by atomic mass is 16.3. The van der Waals surface area contributed by atoms with Crippen LogP contribution < -0.4 is 0 Å². The number of aliphatic hydroxyl groups excluding tert-OH is 1. The van der Waals surface area contributed by atoms with Gasteiger partial charge in [0.05, 0.1) is 6.10 Å². The van der Waals surface area contributed by atoms with E-state index in [1.165, 1.54) is 12.8 Å². The summed E-state index contributed by atoms with van der Waals surface area (Å²) in [6.45, 7) is 4.60. The Labute approximate surface area is 62.4 Å². The quantitative estimate of drug-likeness (QED) is 0.544. The molecule has 58 valence electrons. The molecule has 0 aromatic heterocycles. The van der Waals surface area contributed by atoms with Gasteiger partial charge in [-0.15, -0.1) is 0 Å². The number of hydrogen-bond donors (Lipinski definition) is 1. The molecule has 2 bridgehead atoms. The van der Waals surface area contributed by atoms with Crippen LogP contribution in [0.4, 0.5) is 0 Å². The molecule has 3 aliphatic rings. The minimum Gasteiger partial charge on any atom is -0.393 e. The standard InChI is InChI=1S/C9H16O/c1-9(2)6-3-4-8(10)7(9)5-6/h6-8,10H,3-5H2,1-2H3/t6-,7-,8+/m1/s1. The molecular formula is C9H16O. The van der Waals surface area contributed by atoms with Crippen molar-refractivity contribution in [2.45, 2.75) is 39.2 Å². The summed E-state index contributed by atoms with van der Waals surface area (Å²) in [6, 6.07) is 0. The largest absolute Gasteiger partial charge is 0.393 e. The van der Waals surface area contributed by atoms with Crippen LogP contribution in [0.2, 0.25) is 0 Å². The van der Waals surface area contributed by atoms with E-state index in [9.17, 15) is 5.11 Å². The van der Waals surface area contributed by atoms with Gasteiger partial charge in [-0.05, 0) is 36.5 Å². The molecule has 0 saturated heterocycles. The topological polar surface area (TPSA) is 20.2 Å². The van der Waals surface area contributed by atoms with Gasteiger partial charge < -0.3 is 5.11 Å². The van der Waals surface area contributed by atoms with E-state index in [-0.39, 0.29) is 6.10 Å². The first-order valence-corrected chi connectivity index (χ1v) is 4.30. The highest BCUT2D eigenvalue weighted by Crippen LogP contribution is 2.58. The number of rotatable bonds is 0. The molecule has 0 aromatic rings. The van der Waals surface area contributed by atoms with Crippen LogP contribution in [0.15, 0.2) is 0 Å². The smallest absolute Gasteiger partial charge is 0.0573 e. The van der Waals surface area contributed by atoms with E-state index in [1.54, 1.807) is 0 Å². The fourth-order valence-corrected chi connectivity index (χ4v) is 2.77. The lowest BCUT2D eigenvalue weighted by molar-refractivity contribution is -0.139. The SMILES string of the molecule is CC1(C)[C@@H]2CC[C@H](O)[C@H]1C2. The summed E-state index contributed by atoms with van der Waals surface area (Å²) in [7, 11) is 0. The van der Waals surface area contributed by atoms with Gasteiger partial charge in [0, 0.05) is 0 Å². The Balaban J connectivity index is 2.16. The van der Waals surface area contributed by atoms with Gasteiger partial charge in [0.1, 0.15) is 0 Å². The highest BCUT2D eigenvalue weighted by molar-refractivity contribution is 5.03. The summed E-state index contributed by atoms with van der Waals surface area (Å²) in [4.78, 5) is 0. The summed E-state index contributed by atoms with van der Waals surface area (Å²) in [5.41, 5.74) is 0.456. The second-order valence-corrected chi connectivity index (χ2v) is 4.51. The third-order valence-electron chi connectivity index (χ3n) is 3.82. The first-order valence-electron chi connectivity index (χ1n) is 4.30. The molecule has 3 aliphatic carbocycles. The lowest BCUT2D eigenvalue weighted by Crippen LogP contribution is -2.54. The lowest BCUT2D eigenvalue weighted by atomic mass is 9.48. The van der Waals surface area contributed by atoms with E-state index in [0.29, 0.717) is 11.3 Å². The van der Waals surface area contributed by atoms with Gasteiger partial charge in [-0.25, -0.2) is 0 Å². The number of hydrogen-bond acceptors (Lipinski definition) is 1. The van der Waals surface area contributed by atoms with Crippen molar-refractivity contribution in [3.05, 3.63) is 0 Å². The van der Waals surface area contributed by atoms with Crippen molar-refractivity contribution in [3.63, 3.8) is 0 Å². The molecule has 1 heteroatoms. The van der Waals surface area contributed by atoms with Crippen molar-refractivity contribution in [1.82, 2.24) is 0 Å². The van der Waals surface area contributed by atoms with Crippen molar-refractivity contribution in [2.24, 2.45) is 17.3 Å². The van der Waals surface area contributed by atoms with Crippen LogP contribution in [0, 0.1) is 17.3 Å². The van der Waals surface area contributed by atoms with Crippen molar-refractivity contribution in [3.8, 4) is 0 Å². The van der Waals surface area contributed by atoms with E-state index in [2.05, 4.69) is 13.8 Å². The zero-order valence-corrected chi connectivity index (χ0v) is 6.80. The van der Waals surface area contributed by atoms with Gasteiger partial charge in [-0.1, -0.05) is 13.8 Å². The predicted octanol–water partition coefficient (Wildman–Crippen LogP) is 1.80. The molecule has 0 spiro atoms. The zero-order chi connectivity index (χ0) is 7.35. The molecule has 1 nitrogen and oxygen atoms in total. The van der Waals surface area contributed by atoms with Gasteiger partial charge in [0.15, 0.2) is 0 Å². The maximum absolute atomic E-state index is 9.55. The Morgan fingerprint density at radius 2 is 2.00 bits per heavy atom. The molecule has 3 saturated carbocycles. The first kappa shape index (κ1) is 6.66. The van der Waals surface area contributed by atoms with Crippen LogP contribution >= 0.6 is 0 Å². The number of aliphatic hydroxyl groups is 1. The predicted molar refractivity (Wildman–Crippen MR) is 40.6 cm³/mol. The lowest BCUT2D eigenvalue weighted by Gasteiger charge is -2.58. The average molecular weight is 140 g/mol. The van der Waals surface area contributed by atoms with E-state index >= 15 is 0 Å². The van der Waals surface area contributed by atoms with Crippen LogP contribution in [0.25, 0.3) is 0 Å². The highest BCUT2D eigenvalue weighted by Gasteiger charge is 2.53. The molecule has 0 amide bonds. The van der Waals surface area contributed by atoms with Crippen LogP contribution in [0.5, 0.6) is 0 Å². The van der Waals surface area contributed by atoms with Crippen LogP contribution in [0.3, 0.4) is 0 Å². The maximum Gasteiger partial charge on any atom is 0.0573 e. The van der Waals surface area contributed by atoms with E-state index < -0.39 is 0 Å². The molecule has 1 N–H and O–H groups in total. The number of fused-ring (bicyclic) bond motifs is 2. The minimum absolute atomic E-state index is 0.0139. The van der Waals surface area contributed by atoms with Gasteiger partial charge in [-0.2, -0.15) is 0 Å². The normalized spacial score (nSPS) is 50.1. The molecule has 0 radical (unpaired) electrons. The molecule has 3 fully saturated rings. The maximum atomic E-state index is 9.55. The van der Waals surface area contributed by atoms with E-state index in [0.717, 1.165) is 12.3 Å². The van der Waals surface area contributed by atoms with Gasteiger partial charge >= 0.3 is 0 Å². The molecule has 0 heterocycles. The monoisotopic (exact) mass is 140 g/mol. The molecule has 0 aliphatic heterocycles. The Kier molecular flexibility index (Phi) is 1.17. The second-order valence-electron chi connectivity index (χ2n) is 4.51. The summed E-state index contributed by atoms with van der Waals surface area (Å²) in [5.74, 6) is 1.53. The van der Waals surface area contributed by atoms with Crippen molar-refractivity contribution in [2.75, 3.05) is 0 Å². The van der Waals surface area contributed by atoms with Crippen molar-refractivity contribution < 1.29 is 5.11 Å². The third-order valence-corrected chi connectivity index (χ3v) is 3.82. The summed E-state index contributed by atoms with van der Waals surface area (Å²) >= 11 is 0. The average Bonchev–Trinajstić information content (AvgIpc) is 1.87. The van der Waals surface area contributed by atoms with Crippen molar-refractivity contribution >= 4 is 0 Å².